The highest BCUT2D eigenvalue weighted by Crippen LogP contribution is 2.29. The molecule has 1 heteroatoms. The zero-order valence-corrected chi connectivity index (χ0v) is 12.3. The van der Waals surface area contributed by atoms with E-state index in [1.54, 1.807) is 0 Å². The van der Waals surface area contributed by atoms with E-state index in [0.717, 1.165) is 6.54 Å². The average Bonchev–Trinajstić information content (AvgIpc) is 2.84. The summed E-state index contributed by atoms with van der Waals surface area (Å²) in [5.74, 6) is 0. The summed E-state index contributed by atoms with van der Waals surface area (Å²) in [6, 6.07) is 19.8. The maximum atomic E-state index is 2.47. The minimum Gasteiger partial charge on any atom is -0.340 e. The second kappa shape index (κ2) is 5.54. The van der Waals surface area contributed by atoms with Gasteiger partial charge in [-0.1, -0.05) is 55.8 Å². The number of hydrogen-bond donors (Lipinski definition) is 0. The highest BCUT2D eigenvalue weighted by atomic mass is 15.0. The fourth-order valence-corrected chi connectivity index (χ4v) is 2.77. The van der Waals surface area contributed by atoms with E-state index in [4.69, 9.17) is 0 Å². The molecule has 0 aliphatic carbocycles. The van der Waals surface area contributed by atoms with Gasteiger partial charge in [-0.05, 0) is 36.6 Å². The topological polar surface area (TPSA) is 4.93 Å². The van der Waals surface area contributed by atoms with Gasteiger partial charge in [-0.3, -0.25) is 0 Å². The van der Waals surface area contributed by atoms with Crippen LogP contribution < -0.4 is 0 Å². The van der Waals surface area contributed by atoms with E-state index >= 15 is 0 Å². The van der Waals surface area contributed by atoms with Crippen molar-refractivity contribution < 1.29 is 0 Å². The lowest BCUT2D eigenvalue weighted by Crippen LogP contribution is -1.99. The molecule has 0 aliphatic heterocycles. The minimum absolute atomic E-state index is 1.09. The number of hydrogen-bond acceptors (Lipinski definition) is 0. The molecule has 0 fully saturated rings. The number of rotatable bonds is 4. The molecule has 3 aromatic rings. The van der Waals surface area contributed by atoms with Crippen LogP contribution in [-0.4, -0.2) is 4.57 Å². The molecule has 2 aromatic carbocycles. The Balaban J connectivity index is 2.19. The first-order valence-electron chi connectivity index (χ1n) is 7.45. The molecule has 0 radical (unpaired) electrons. The number of aromatic nitrogens is 1. The van der Waals surface area contributed by atoms with Gasteiger partial charge in [0, 0.05) is 23.1 Å². The Morgan fingerprint density at radius 2 is 1.75 bits per heavy atom. The van der Waals surface area contributed by atoms with Crippen molar-refractivity contribution in [2.24, 2.45) is 0 Å². The quantitative estimate of drug-likeness (QED) is 0.592. The number of fused-ring (bicyclic) bond motifs is 1. The van der Waals surface area contributed by atoms with Crippen molar-refractivity contribution in [1.82, 2.24) is 4.57 Å². The standard InChI is InChI=1S/C19H21N/c1-3-4-12-20-18-13-15(2)10-11-17(18)14-19(20)16-8-6-5-7-9-16/h5-11,13-14H,3-4,12H2,1-2H3. The predicted molar refractivity (Wildman–Crippen MR) is 87.0 cm³/mol. The molecule has 1 aromatic heterocycles. The maximum absolute atomic E-state index is 2.47. The summed E-state index contributed by atoms with van der Waals surface area (Å²) in [5.41, 5.74) is 5.32. The molecule has 0 saturated heterocycles. The van der Waals surface area contributed by atoms with Gasteiger partial charge >= 0.3 is 0 Å². The second-order valence-corrected chi connectivity index (χ2v) is 5.46. The summed E-state index contributed by atoms with van der Waals surface area (Å²) >= 11 is 0. The van der Waals surface area contributed by atoms with E-state index in [-0.39, 0.29) is 0 Å². The molecular formula is C19H21N. The third-order valence-corrected chi connectivity index (χ3v) is 3.86. The molecule has 1 heterocycles. The van der Waals surface area contributed by atoms with Crippen LogP contribution in [0.5, 0.6) is 0 Å². The minimum atomic E-state index is 1.09. The Morgan fingerprint density at radius 1 is 0.950 bits per heavy atom. The second-order valence-electron chi connectivity index (χ2n) is 5.46. The van der Waals surface area contributed by atoms with E-state index in [9.17, 15) is 0 Å². The SMILES string of the molecule is CCCCn1c(-c2ccccc2)cc2ccc(C)cc21. The van der Waals surface area contributed by atoms with Crippen molar-refractivity contribution in [2.75, 3.05) is 0 Å². The van der Waals surface area contributed by atoms with Crippen LogP contribution in [-0.2, 0) is 6.54 Å². The highest BCUT2D eigenvalue weighted by Gasteiger charge is 2.10. The highest BCUT2D eigenvalue weighted by molar-refractivity contribution is 5.87. The van der Waals surface area contributed by atoms with Crippen molar-refractivity contribution in [2.45, 2.75) is 33.2 Å². The van der Waals surface area contributed by atoms with Gasteiger partial charge in [0.15, 0.2) is 0 Å². The lowest BCUT2D eigenvalue weighted by atomic mass is 10.1. The molecule has 0 unspecified atom stereocenters. The van der Waals surface area contributed by atoms with E-state index in [1.165, 1.54) is 40.6 Å². The first-order chi connectivity index (χ1) is 9.79. The zero-order valence-electron chi connectivity index (χ0n) is 12.3. The summed E-state index contributed by atoms with van der Waals surface area (Å²) in [7, 11) is 0. The molecular weight excluding hydrogens is 242 g/mol. The van der Waals surface area contributed by atoms with Gasteiger partial charge in [0.05, 0.1) is 0 Å². The van der Waals surface area contributed by atoms with Crippen LogP contribution in [0.1, 0.15) is 25.3 Å². The van der Waals surface area contributed by atoms with Crippen molar-refractivity contribution in [3.05, 3.63) is 60.2 Å². The molecule has 1 nitrogen and oxygen atoms in total. The monoisotopic (exact) mass is 263 g/mol. The van der Waals surface area contributed by atoms with Gasteiger partial charge in [-0.15, -0.1) is 0 Å². The molecule has 20 heavy (non-hydrogen) atoms. The Bertz CT molecular complexity index is 707. The van der Waals surface area contributed by atoms with Crippen LogP contribution in [0, 0.1) is 6.92 Å². The number of unbranched alkanes of at least 4 members (excludes halogenated alkanes) is 1. The van der Waals surface area contributed by atoms with Gasteiger partial charge < -0.3 is 4.57 Å². The van der Waals surface area contributed by atoms with Gasteiger partial charge in [0.1, 0.15) is 0 Å². The third-order valence-electron chi connectivity index (χ3n) is 3.86. The van der Waals surface area contributed by atoms with Gasteiger partial charge in [0.25, 0.3) is 0 Å². The molecule has 0 atom stereocenters. The lowest BCUT2D eigenvalue weighted by Gasteiger charge is -2.10. The van der Waals surface area contributed by atoms with Crippen LogP contribution >= 0.6 is 0 Å². The Labute approximate surface area is 120 Å². The normalized spacial score (nSPS) is 11.1. The zero-order chi connectivity index (χ0) is 13.9. The molecule has 0 saturated carbocycles. The lowest BCUT2D eigenvalue weighted by molar-refractivity contribution is 0.654. The molecule has 102 valence electrons. The first kappa shape index (κ1) is 13.0. The van der Waals surface area contributed by atoms with Crippen LogP contribution in [0.15, 0.2) is 54.6 Å². The van der Waals surface area contributed by atoms with Crippen molar-refractivity contribution >= 4 is 10.9 Å². The van der Waals surface area contributed by atoms with Gasteiger partial charge in [-0.25, -0.2) is 0 Å². The van der Waals surface area contributed by atoms with Crippen molar-refractivity contribution in [3.8, 4) is 11.3 Å². The number of benzene rings is 2. The first-order valence-corrected chi connectivity index (χ1v) is 7.45. The molecule has 0 spiro atoms. The van der Waals surface area contributed by atoms with Crippen molar-refractivity contribution in [1.29, 1.82) is 0 Å². The van der Waals surface area contributed by atoms with E-state index in [0.29, 0.717) is 0 Å². The van der Waals surface area contributed by atoms with Crippen LogP contribution in [0.4, 0.5) is 0 Å². The summed E-state index contributed by atoms with van der Waals surface area (Å²) < 4.78 is 2.47. The van der Waals surface area contributed by atoms with E-state index in [1.807, 2.05) is 0 Å². The predicted octanol–water partition coefficient (Wildman–Crippen LogP) is 5.42. The van der Waals surface area contributed by atoms with Gasteiger partial charge in [0.2, 0.25) is 0 Å². The number of nitrogens with zero attached hydrogens (tertiary/aromatic N) is 1. The fraction of sp³-hybridized carbons (Fsp3) is 0.263. The third kappa shape index (κ3) is 2.36. The largest absolute Gasteiger partial charge is 0.340 e. The Kier molecular flexibility index (Phi) is 3.60. The smallest absolute Gasteiger partial charge is 0.0491 e. The molecule has 0 N–H and O–H groups in total. The summed E-state index contributed by atoms with van der Waals surface area (Å²) in [4.78, 5) is 0. The molecule has 0 aliphatic rings. The van der Waals surface area contributed by atoms with E-state index < -0.39 is 0 Å². The average molecular weight is 263 g/mol. The molecule has 3 rings (SSSR count). The van der Waals surface area contributed by atoms with Crippen LogP contribution in [0.25, 0.3) is 22.2 Å². The summed E-state index contributed by atoms with van der Waals surface area (Å²) in [6.07, 6.45) is 2.44. The molecule has 0 amide bonds. The van der Waals surface area contributed by atoms with Gasteiger partial charge in [-0.2, -0.15) is 0 Å². The number of aryl methyl sites for hydroxylation is 2. The van der Waals surface area contributed by atoms with Crippen LogP contribution in [0.3, 0.4) is 0 Å². The maximum Gasteiger partial charge on any atom is 0.0491 e. The molecule has 0 bridgehead atoms. The Hall–Kier alpha value is -2.02. The summed E-state index contributed by atoms with van der Waals surface area (Å²) in [6.45, 7) is 5.51. The van der Waals surface area contributed by atoms with E-state index in [2.05, 4.69) is 73.0 Å². The summed E-state index contributed by atoms with van der Waals surface area (Å²) in [5, 5.41) is 1.34. The van der Waals surface area contributed by atoms with Crippen molar-refractivity contribution in [3.63, 3.8) is 0 Å². The Morgan fingerprint density at radius 3 is 2.50 bits per heavy atom. The van der Waals surface area contributed by atoms with Crippen LogP contribution in [0.2, 0.25) is 0 Å². The fourth-order valence-electron chi connectivity index (χ4n) is 2.77.